The maximum Gasteiger partial charge on any atom is 0.248 e. The van der Waals surface area contributed by atoms with Gasteiger partial charge in [0.1, 0.15) is 5.82 Å². The highest BCUT2D eigenvalue weighted by Gasteiger charge is 2.34. The molecule has 2 fully saturated rings. The van der Waals surface area contributed by atoms with E-state index in [-0.39, 0.29) is 24.7 Å². The summed E-state index contributed by atoms with van der Waals surface area (Å²) in [6, 6.07) is 31.0. The highest BCUT2D eigenvalue weighted by atomic mass is 32.1. The number of para-hydroxylation sites is 2. The smallest absolute Gasteiger partial charge is 0.248 e. The van der Waals surface area contributed by atoms with E-state index in [4.69, 9.17) is 15.1 Å². The molecule has 2 saturated heterocycles. The average molecular weight is 968 g/mol. The predicted octanol–water partition coefficient (Wildman–Crippen LogP) is 13.6. The summed E-state index contributed by atoms with van der Waals surface area (Å²) in [6.07, 6.45) is 5.97. The molecule has 12 heteroatoms. The van der Waals surface area contributed by atoms with E-state index in [1.54, 1.807) is 17.4 Å². The summed E-state index contributed by atoms with van der Waals surface area (Å²) in [6.45, 7) is 27.0. The quantitative estimate of drug-likeness (QED) is 0.0883. The fourth-order valence-corrected chi connectivity index (χ4v) is 11.9. The first-order valence-corrected chi connectivity index (χ1v) is 25.7. The van der Waals surface area contributed by atoms with Crippen LogP contribution >= 0.6 is 11.3 Å². The Hall–Kier alpha value is -6.89. The van der Waals surface area contributed by atoms with Crippen LogP contribution in [0.4, 0.5) is 25.4 Å². The Balaban J connectivity index is 0.732. The van der Waals surface area contributed by atoms with Gasteiger partial charge in [-0.05, 0) is 129 Å². The van der Waals surface area contributed by atoms with E-state index in [1.807, 2.05) is 55.1 Å². The molecular formula is C59H63F2N9S. The summed E-state index contributed by atoms with van der Waals surface area (Å²) in [5.74, 6) is -1.82. The molecule has 3 aromatic heterocycles. The van der Waals surface area contributed by atoms with Crippen LogP contribution in [0.15, 0.2) is 141 Å². The standard InChI is InChI=1S/C59H63F2N9S/c1-8-51-48(24-25-55(65-51)70-33-29-44-15-12-17-46(50(44)36-70)40(5)64-58-66-52-19-9-10-21-54(52)71-58)45-16-11-14-43(39(45)4)26-30-59(60,61)34-42-27-31-69(32-28-42)35-38(3)63-53-20-13-18-49-56(67-68(7)57(49)53)47-23-22-37(2)62-41(47)6/h8-21,24-25,42,47,62-63H,1-3,5-6,22-23,26-36H2,4,7H3,(H,64,66). The summed E-state index contributed by atoms with van der Waals surface area (Å²) in [5.41, 5.74) is 15.8. The van der Waals surface area contributed by atoms with Gasteiger partial charge in [-0.2, -0.15) is 5.10 Å². The summed E-state index contributed by atoms with van der Waals surface area (Å²) in [4.78, 5) is 14.5. The number of nitrogens with zero attached hydrogens (tertiary/aromatic N) is 6. The maximum atomic E-state index is 15.9. The SMILES string of the molecule is C=Cc1nc(N2CCc3cccc(C(=C)Nc4nc5ccccc5s4)c3C2)ccc1-c1cccc(CCC(F)(F)CC2CCN(CC(=C)Nc3cccc4c(C5CCC(=C)NC5=C)nn(C)c34)CC2)c1C. The number of thiazole rings is 1. The molecule has 364 valence electrons. The molecule has 71 heavy (non-hydrogen) atoms. The molecule has 0 bridgehead atoms. The minimum absolute atomic E-state index is 0.0302. The van der Waals surface area contributed by atoms with Gasteiger partial charge in [-0.1, -0.05) is 105 Å². The van der Waals surface area contributed by atoms with E-state index in [9.17, 15) is 0 Å². The van der Waals surface area contributed by atoms with Crippen molar-refractivity contribution in [1.82, 2.24) is 30.0 Å². The molecule has 10 rings (SSSR count). The minimum atomic E-state index is -2.77. The van der Waals surface area contributed by atoms with E-state index in [0.717, 1.165) is 151 Å². The molecule has 0 saturated carbocycles. The van der Waals surface area contributed by atoms with Crippen molar-refractivity contribution in [3.63, 3.8) is 0 Å². The molecule has 4 aromatic carbocycles. The fraction of sp³-hybridized carbons (Fsp3) is 0.305. The van der Waals surface area contributed by atoms with Gasteiger partial charge in [0.2, 0.25) is 5.92 Å². The third-order valence-corrected chi connectivity index (χ3v) is 15.8. The number of halogens is 2. The molecule has 7 aromatic rings. The molecular weight excluding hydrogens is 905 g/mol. The van der Waals surface area contributed by atoms with Crippen LogP contribution in [0.1, 0.15) is 83.6 Å². The van der Waals surface area contributed by atoms with Crippen molar-refractivity contribution in [1.29, 1.82) is 0 Å². The van der Waals surface area contributed by atoms with Crippen molar-refractivity contribution in [2.45, 2.75) is 76.7 Å². The number of piperidine rings is 2. The molecule has 1 atom stereocenters. The van der Waals surface area contributed by atoms with Crippen LogP contribution in [0.5, 0.6) is 0 Å². The minimum Gasteiger partial charge on any atom is -0.363 e. The maximum absolute atomic E-state index is 15.9. The molecule has 1 unspecified atom stereocenters. The Kier molecular flexibility index (Phi) is 13.5. The van der Waals surface area contributed by atoms with Gasteiger partial charge in [-0.3, -0.25) is 9.58 Å². The second-order valence-corrected chi connectivity index (χ2v) is 20.7. The Morgan fingerprint density at radius 3 is 2.49 bits per heavy atom. The molecule has 3 aliphatic rings. The first kappa shape index (κ1) is 47.8. The van der Waals surface area contributed by atoms with Crippen LogP contribution in [0.25, 0.3) is 44.0 Å². The molecule has 3 N–H and O–H groups in total. The monoisotopic (exact) mass is 967 g/mol. The number of benzene rings is 4. The number of nitrogens with one attached hydrogen (secondary N) is 3. The van der Waals surface area contributed by atoms with E-state index >= 15 is 8.78 Å². The molecule has 3 aliphatic heterocycles. The molecule has 0 aliphatic carbocycles. The summed E-state index contributed by atoms with van der Waals surface area (Å²) in [5, 5.41) is 17.2. The number of aromatic nitrogens is 4. The number of alkyl halides is 2. The van der Waals surface area contributed by atoms with E-state index in [0.29, 0.717) is 19.5 Å². The lowest BCUT2D eigenvalue weighted by molar-refractivity contribution is -0.0378. The normalized spacial score (nSPS) is 16.8. The Labute approximate surface area is 420 Å². The Bertz CT molecular complexity index is 3180. The number of rotatable bonds is 16. The highest BCUT2D eigenvalue weighted by Crippen LogP contribution is 2.40. The third-order valence-electron chi connectivity index (χ3n) is 14.8. The number of hydrogen-bond acceptors (Lipinski definition) is 9. The summed E-state index contributed by atoms with van der Waals surface area (Å²) < 4.78 is 34.8. The number of hydrogen-bond donors (Lipinski definition) is 3. The lowest BCUT2D eigenvalue weighted by atomic mass is 9.87. The molecule has 0 spiro atoms. The van der Waals surface area contributed by atoms with Gasteiger partial charge in [0.25, 0.3) is 0 Å². The number of allylic oxidation sites excluding steroid dienone is 2. The highest BCUT2D eigenvalue weighted by molar-refractivity contribution is 7.22. The van der Waals surface area contributed by atoms with Crippen molar-refractivity contribution in [3.8, 4) is 11.1 Å². The fourth-order valence-electron chi connectivity index (χ4n) is 11.0. The van der Waals surface area contributed by atoms with Crippen molar-refractivity contribution < 1.29 is 8.78 Å². The first-order valence-electron chi connectivity index (χ1n) is 24.8. The molecule has 0 radical (unpaired) electrons. The van der Waals surface area contributed by atoms with E-state index in [1.165, 1.54) is 11.1 Å². The van der Waals surface area contributed by atoms with Crippen molar-refractivity contribution >= 4 is 60.9 Å². The zero-order valence-electron chi connectivity index (χ0n) is 41.0. The number of aryl methyl sites for hydroxylation is 2. The Morgan fingerprint density at radius 1 is 0.887 bits per heavy atom. The van der Waals surface area contributed by atoms with Crippen LogP contribution in [-0.4, -0.2) is 56.7 Å². The molecule has 0 amide bonds. The van der Waals surface area contributed by atoms with Crippen molar-refractivity contribution in [2.24, 2.45) is 13.0 Å². The van der Waals surface area contributed by atoms with Gasteiger partial charge in [0.05, 0.1) is 32.8 Å². The van der Waals surface area contributed by atoms with Gasteiger partial charge in [-0.25, -0.2) is 18.7 Å². The van der Waals surface area contributed by atoms with Crippen molar-refractivity contribution in [3.05, 3.63) is 180 Å². The van der Waals surface area contributed by atoms with Crippen LogP contribution in [0, 0.1) is 12.8 Å². The average Bonchev–Trinajstić information content (AvgIpc) is 3.93. The number of fused-ring (bicyclic) bond motifs is 3. The second kappa shape index (κ2) is 20.1. The third kappa shape index (κ3) is 10.2. The molecule has 6 heterocycles. The zero-order chi connectivity index (χ0) is 49.4. The first-order chi connectivity index (χ1) is 34.3. The summed E-state index contributed by atoms with van der Waals surface area (Å²) in [7, 11) is 1.97. The van der Waals surface area contributed by atoms with E-state index in [2.05, 4.69) is 113 Å². The predicted molar refractivity (Wildman–Crippen MR) is 292 cm³/mol. The van der Waals surface area contributed by atoms with Crippen LogP contribution < -0.4 is 20.9 Å². The largest absolute Gasteiger partial charge is 0.363 e. The lowest BCUT2D eigenvalue weighted by Gasteiger charge is -2.34. The van der Waals surface area contributed by atoms with E-state index < -0.39 is 5.92 Å². The van der Waals surface area contributed by atoms with Gasteiger partial charge in [0.15, 0.2) is 5.13 Å². The Morgan fingerprint density at radius 2 is 1.69 bits per heavy atom. The number of anilines is 3. The van der Waals surface area contributed by atoms with Gasteiger partial charge < -0.3 is 20.9 Å². The van der Waals surface area contributed by atoms with Crippen LogP contribution in [0.3, 0.4) is 0 Å². The second-order valence-electron chi connectivity index (χ2n) is 19.7. The topological polar surface area (TPSA) is 86.2 Å². The van der Waals surface area contributed by atoms with Crippen molar-refractivity contribution in [2.75, 3.05) is 41.7 Å². The van der Waals surface area contributed by atoms with Crippen LogP contribution in [-0.2, 0) is 26.4 Å². The summed E-state index contributed by atoms with van der Waals surface area (Å²) >= 11 is 1.62. The van der Waals surface area contributed by atoms with Crippen LogP contribution in [0.2, 0.25) is 0 Å². The lowest BCUT2D eigenvalue weighted by Crippen LogP contribution is -2.37. The molecule has 9 nitrogen and oxygen atoms in total. The number of pyridine rings is 1. The van der Waals surface area contributed by atoms with Gasteiger partial charge in [0, 0.05) is 84.7 Å². The van der Waals surface area contributed by atoms with Gasteiger partial charge >= 0.3 is 0 Å². The van der Waals surface area contributed by atoms with Gasteiger partial charge in [-0.15, -0.1) is 0 Å². The number of likely N-dealkylation sites (tertiary alicyclic amines) is 1. The zero-order valence-corrected chi connectivity index (χ0v) is 41.8.